The molecule has 41 heavy (non-hydrogen) atoms. The van der Waals surface area contributed by atoms with Gasteiger partial charge in [0.2, 0.25) is 0 Å². The van der Waals surface area contributed by atoms with Crippen molar-refractivity contribution >= 4 is 23.4 Å². The van der Waals surface area contributed by atoms with Crippen LogP contribution in [0, 0.1) is 5.82 Å². The highest BCUT2D eigenvalue weighted by Gasteiger charge is 2.42. The van der Waals surface area contributed by atoms with Crippen molar-refractivity contribution < 1.29 is 28.2 Å². The van der Waals surface area contributed by atoms with Crippen molar-refractivity contribution in [3.05, 3.63) is 53.7 Å². The number of nitrogens with one attached hydrogen (secondary N) is 3. The number of carbonyl (C=O) groups is 2. The van der Waals surface area contributed by atoms with Crippen LogP contribution in [0.4, 0.5) is 20.6 Å². The maximum absolute atomic E-state index is 14.5. The second-order valence-corrected chi connectivity index (χ2v) is 11.6. The number of rotatable bonds is 7. The summed E-state index contributed by atoms with van der Waals surface area (Å²) in [6, 6.07) is 6.35. The summed E-state index contributed by atoms with van der Waals surface area (Å²) < 4.78 is 31.9. The number of para-hydroxylation sites is 1. The molecule has 3 aromatic rings. The summed E-state index contributed by atoms with van der Waals surface area (Å²) in [4.78, 5) is 35.4. The van der Waals surface area contributed by atoms with Crippen LogP contribution in [-0.2, 0) is 11.2 Å². The molecule has 10 nitrogen and oxygen atoms in total. The molecule has 0 bridgehead atoms. The molecule has 1 saturated heterocycles. The van der Waals surface area contributed by atoms with Crippen LogP contribution in [-0.4, -0.2) is 64.8 Å². The van der Waals surface area contributed by atoms with Crippen molar-refractivity contribution in [2.75, 3.05) is 32.1 Å². The molecular formula is C30H36FN5O5. The SMILES string of the molecule is COc1c(F)cccc1Nc1c(-c2ccncc2OC[C@]2(C)CCCN2C(=O)OC(C)(C)C)[nH]c2c1C(=O)NCC2. The Hall–Kier alpha value is -4.28. The monoisotopic (exact) mass is 565 g/mol. The van der Waals surface area contributed by atoms with E-state index in [1.165, 1.54) is 13.2 Å². The van der Waals surface area contributed by atoms with E-state index in [2.05, 4.69) is 20.6 Å². The zero-order valence-electron chi connectivity index (χ0n) is 24.0. The van der Waals surface area contributed by atoms with E-state index in [4.69, 9.17) is 14.2 Å². The maximum Gasteiger partial charge on any atom is 0.410 e. The normalized spacial score (nSPS) is 18.5. The number of benzene rings is 1. The number of anilines is 2. The fourth-order valence-electron chi connectivity index (χ4n) is 5.39. The number of methoxy groups -OCH3 is 1. The lowest BCUT2D eigenvalue weighted by Crippen LogP contribution is -2.50. The first kappa shape index (κ1) is 28.3. The highest BCUT2D eigenvalue weighted by Crippen LogP contribution is 2.42. The quantitative estimate of drug-likeness (QED) is 0.350. The van der Waals surface area contributed by atoms with Crippen molar-refractivity contribution in [2.45, 2.75) is 58.1 Å². The molecule has 1 aromatic carbocycles. The number of hydrogen-bond acceptors (Lipinski definition) is 7. The van der Waals surface area contributed by atoms with E-state index in [1.54, 1.807) is 35.5 Å². The van der Waals surface area contributed by atoms with Crippen LogP contribution in [0.5, 0.6) is 11.5 Å². The van der Waals surface area contributed by atoms with Crippen LogP contribution in [0.25, 0.3) is 11.3 Å². The first-order chi connectivity index (χ1) is 19.5. The molecule has 0 unspecified atom stereocenters. The van der Waals surface area contributed by atoms with E-state index in [0.717, 1.165) is 18.5 Å². The Labute approximate surface area is 238 Å². The highest BCUT2D eigenvalue weighted by molar-refractivity contribution is 6.06. The van der Waals surface area contributed by atoms with Crippen LogP contribution >= 0.6 is 0 Å². The third-order valence-corrected chi connectivity index (χ3v) is 7.35. The van der Waals surface area contributed by atoms with Crippen molar-refractivity contribution in [3.63, 3.8) is 0 Å². The molecule has 218 valence electrons. The largest absolute Gasteiger partial charge is 0.492 e. The van der Waals surface area contributed by atoms with Gasteiger partial charge < -0.3 is 29.8 Å². The number of halogens is 1. The predicted octanol–water partition coefficient (Wildman–Crippen LogP) is 5.42. The van der Waals surface area contributed by atoms with Gasteiger partial charge in [0, 0.05) is 37.0 Å². The van der Waals surface area contributed by atoms with Gasteiger partial charge in [-0.1, -0.05) is 6.07 Å². The van der Waals surface area contributed by atoms with E-state index in [9.17, 15) is 14.0 Å². The van der Waals surface area contributed by atoms with E-state index >= 15 is 0 Å². The van der Waals surface area contributed by atoms with Gasteiger partial charge >= 0.3 is 6.09 Å². The van der Waals surface area contributed by atoms with Gasteiger partial charge in [0.25, 0.3) is 5.91 Å². The lowest BCUT2D eigenvalue weighted by Gasteiger charge is -2.36. The van der Waals surface area contributed by atoms with Crippen LogP contribution in [0.2, 0.25) is 0 Å². The first-order valence-corrected chi connectivity index (χ1v) is 13.7. The summed E-state index contributed by atoms with van der Waals surface area (Å²) in [7, 11) is 1.39. The third kappa shape index (κ3) is 5.66. The van der Waals surface area contributed by atoms with Crippen molar-refractivity contribution in [3.8, 4) is 22.8 Å². The fourth-order valence-corrected chi connectivity index (χ4v) is 5.39. The highest BCUT2D eigenvalue weighted by atomic mass is 19.1. The number of fused-ring (bicyclic) bond motifs is 1. The second kappa shape index (κ2) is 10.9. The Morgan fingerprint density at radius 2 is 2.07 bits per heavy atom. The predicted molar refractivity (Wildman–Crippen MR) is 152 cm³/mol. The minimum atomic E-state index is -0.606. The molecule has 2 amide bonds. The van der Waals surface area contributed by atoms with Crippen LogP contribution < -0.4 is 20.1 Å². The zero-order chi connectivity index (χ0) is 29.4. The van der Waals surface area contributed by atoms with Gasteiger partial charge in [-0.25, -0.2) is 9.18 Å². The summed E-state index contributed by atoms with van der Waals surface area (Å²) in [6.45, 7) is 8.81. The molecule has 3 N–H and O–H groups in total. The van der Waals surface area contributed by atoms with E-state index in [0.29, 0.717) is 53.5 Å². The molecule has 4 heterocycles. The Balaban J connectivity index is 1.50. The average molecular weight is 566 g/mol. The molecule has 0 radical (unpaired) electrons. The lowest BCUT2D eigenvalue weighted by atomic mass is 10.0. The number of pyridine rings is 1. The van der Waals surface area contributed by atoms with Crippen LogP contribution in [0.3, 0.4) is 0 Å². The number of carbonyl (C=O) groups excluding carboxylic acids is 2. The van der Waals surface area contributed by atoms with Gasteiger partial charge in [0.15, 0.2) is 11.6 Å². The number of nitrogens with zero attached hydrogens (tertiary/aromatic N) is 2. The molecule has 2 aromatic heterocycles. The van der Waals surface area contributed by atoms with Crippen LogP contribution in [0.1, 0.15) is 56.6 Å². The lowest BCUT2D eigenvalue weighted by molar-refractivity contribution is 0.00241. The molecule has 0 aliphatic carbocycles. The molecule has 0 saturated carbocycles. The van der Waals surface area contributed by atoms with Gasteiger partial charge in [0.1, 0.15) is 18.0 Å². The zero-order valence-corrected chi connectivity index (χ0v) is 24.0. The summed E-state index contributed by atoms with van der Waals surface area (Å²) >= 11 is 0. The number of ether oxygens (including phenoxy) is 3. The van der Waals surface area contributed by atoms with Gasteiger partial charge in [-0.15, -0.1) is 0 Å². The summed E-state index contributed by atoms with van der Waals surface area (Å²) in [5, 5.41) is 6.13. The number of aromatic amines is 1. The minimum Gasteiger partial charge on any atom is -0.492 e. The number of hydrogen-bond donors (Lipinski definition) is 3. The summed E-state index contributed by atoms with van der Waals surface area (Å²) in [5.74, 6) is -0.264. The van der Waals surface area contributed by atoms with E-state index in [-0.39, 0.29) is 24.4 Å². The molecule has 5 rings (SSSR count). The summed E-state index contributed by atoms with van der Waals surface area (Å²) in [5.41, 5.74) is 2.10. The van der Waals surface area contributed by atoms with Crippen molar-refractivity contribution in [1.29, 1.82) is 0 Å². The smallest absolute Gasteiger partial charge is 0.410 e. The number of H-pyrrole nitrogens is 1. The second-order valence-electron chi connectivity index (χ2n) is 11.6. The molecule has 0 spiro atoms. The molecule has 2 aliphatic heterocycles. The van der Waals surface area contributed by atoms with Gasteiger partial charge in [-0.2, -0.15) is 0 Å². The topological polar surface area (TPSA) is 118 Å². The van der Waals surface area contributed by atoms with Gasteiger partial charge in [-0.05, 0) is 58.7 Å². The minimum absolute atomic E-state index is 0.0345. The van der Waals surface area contributed by atoms with Crippen LogP contribution in [0.15, 0.2) is 36.7 Å². The Morgan fingerprint density at radius 1 is 1.27 bits per heavy atom. The van der Waals surface area contributed by atoms with E-state index < -0.39 is 17.0 Å². The standard InChI is InChI=1S/C30H36FN5O5/c1-29(2,3)41-28(38)36-15-7-12-30(36,4)17-40-22-16-32-13-10-18(22)24-25(23-20(34-24)11-14-33-27(23)37)35-21-9-6-8-19(31)26(21)39-5/h6,8-10,13,16,34-35H,7,11-12,14-15,17H2,1-5H3,(H,33,37)/t30-/m0/s1. The Bertz CT molecular complexity index is 1470. The fraction of sp³-hybridized carbons (Fsp3) is 0.433. The van der Waals surface area contributed by atoms with Gasteiger partial charge in [-0.3, -0.25) is 14.7 Å². The third-order valence-electron chi connectivity index (χ3n) is 7.35. The number of aromatic nitrogens is 2. The Morgan fingerprint density at radius 3 is 2.83 bits per heavy atom. The first-order valence-electron chi connectivity index (χ1n) is 13.7. The molecular weight excluding hydrogens is 529 g/mol. The number of likely N-dealkylation sites (tertiary alicyclic amines) is 1. The summed E-state index contributed by atoms with van der Waals surface area (Å²) in [6.07, 6.45) is 5.06. The molecule has 1 fully saturated rings. The van der Waals surface area contributed by atoms with Crippen molar-refractivity contribution in [2.24, 2.45) is 0 Å². The molecule has 2 aliphatic rings. The Kier molecular flexibility index (Phi) is 7.54. The average Bonchev–Trinajstić information content (AvgIpc) is 3.48. The van der Waals surface area contributed by atoms with E-state index in [1.807, 2.05) is 27.7 Å². The molecule has 1 atom stereocenters. The van der Waals surface area contributed by atoms with Gasteiger partial charge in [0.05, 0.1) is 41.5 Å². The van der Waals surface area contributed by atoms with Crippen molar-refractivity contribution in [1.82, 2.24) is 20.2 Å². The number of amides is 2. The maximum atomic E-state index is 14.5. The molecule has 11 heteroatoms.